The van der Waals surface area contributed by atoms with Crippen molar-refractivity contribution < 1.29 is 19.4 Å². The average Bonchev–Trinajstić information content (AvgIpc) is 2.77. The molecule has 6 nitrogen and oxygen atoms in total. The zero-order valence-electron chi connectivity index (χ0n) is 16.6. The molecule has 2 amide bonds. The highest BCUT2D eigenvalue weighted by molar-refractivity contribution is 5.96. The van der Waals surface area contributed by atoms with Crippen LogP contribution in [-0.4, -0.2) is 54.7 Å². The Labute approximate surface area is 170 Å². The molecule has 2 aromatic rings. The summed E-state index contributed by atoms with van der Waals surface area (Å²) in [5, 5.41) is 13.4. The lowest BCUT2D eigenvalue weighted by molar-refractivity contribution is -0.147. The molecule has 6 heteroatoms. The topological polar surface area (TPSA) is 78.9 Å². The van der Waals surface area contributed by atoms with Crippen LogP contribution < -0.4 is 10.1 Å². The molecule has 0 bridgehead atoms. The van der Waals surface area contributed by atoms with E-state index in [1.807, 2.05) is 42.5 Å². The fourth-order valence-electron chi connectivity index (χ4n) is 4.50. The Morgan fingerprint density at radius 2 is 2.07 bits per heavy atom. The van der Waals surface area contributed by atoms with E-state index in [9.17, 15) is 14.7 Å². The number of hydrogen-bond acceptors (Lipinski definition) is 4. The number of aliphatic hydroxyl groups excluding tert-OH is 1. The van der Waals surface area contributed by atoms with Crippen molar-refractivity contribution in [1.29, 1.82) is 0 Å². The highest BCUT2D eigenvalue weighted by Crippen LogP contribution is 2.38. The third-order valence-corrected chi connectivity index (χ3v) is 6.14. The van der Waals surface area contributed by atoms with Gasteiger partial charge in [0.15, 0.2) is 0 Å². The van der Waals surface area contributed by atoms with Crippen LogP contribution in [0.15, 0.2) is 48.5 Å². The Bertz CT molecular complexity index is 929. The average molecular weight is 394 g/mol. The first-order chi connectivity index (χ1) is 14.0. The van der Waals surface area contributed by atoms with Gasteiger partial charge in [-0.2, -0.15) is 0 Å². The molecule has 2 aliphatic rings. The number of rotatable bonds is 3. The van der Waals surface area contributed by atoms with Crippen LogP contribution in [0.25, 0.3) is 11.1 Å². The number of ether oxygens (including phenoxy) is 1. The molecule has 2 aliphatic heterocycles. The SMILES string of the molecule is COc1ccccc1-c1cccc(C(=O)N2CC[C@H](O)[C@@]3(CCCNC3=O)C2)c1. The molecule has 0 unspecified atom stereocenters. The minimum absolute atomic E-state index is 0.119. The van der Waals surface area contributed by atoms with E-state index >= 15 is 0 Å². The second-order valence-electron chi connectivity index (χ2n) is 7.83. The number of benzene rings is 2. The lowest BCUT2D eigenvalue weighted by atomic mass is 9.71. The molecule has 0 saturated carbocycles. The highest BCUT2D eigenvalue weighted by atomic mass is 16.5. The maximum absolute atomic E-state index is 13.3. The number of carbonyl (C=O) groups excluding carboxylic acids is 2. The summed E-state index contributed by atoms with van der Waals surface area (Å²) in [7, 11) is 1.63. The van der Waals surface area contributed by atoms with E-state index in [4.69, 9.17) is 4.74 Å². The van der Waals surface area contributed by atoms with Gasteiger partial charge in [0.1, 0.15) is 5.75 Å². The van der Waals surface area contributed by atoms with Gasteiger partial charge in [-0.05, 0) is 43.0 Å². The van der Waals surface area contributed by atoms with E-state index < -0.39 is 11.5 Å². The molecule has 2 fully saturated rings. The normalized spacial score (nSPS) is 24.3. The molecule has 152 valence electrons. The van der Waals surface area contributed by atoms with Crippen LogP contribution in [0.3, 0.4) is 0 Å². The quantitative estimate of drug-likeness (QED) is 0.838. The molecule has 1 spiro atoms. The summed E-state index contributed by atoms with van der Waals surface area (Å²) in [6, 6.07) is 15.2. The zero-order valence-corrected chi connectivity index (χ0v) is 16.6. The molecular weight excluding hydrogens is 368 g/mol. The number of nitrogens with zero attached hydrogens (tertiary/aromatic N) is 1. The molecule has 2 saturated heterocycles. The fourth-order valence-corrected chi connectivity index (χ4v) is 4.50. The lowest BCUT2D eigenvalue weighted by Gasteiger charge is -2.46. The predicted octanol–water partition coefficient (Wildman–Crippen LogP) is 2.47. The number of carbonyl (C=O) groups is 2. The van der Waals surface area contributed by atoms with E-state index in [0.29, 0.717) is 31.5 Å². The van der Waals surface area contributed by atoms with Gasteiger partial charge < -0.3 is 20.1 Å². The summed E-state index contributed by atoms with van der Waals surface area (Å²) < 4.78 is 5.45. The molecule has 2 aromatic carbocycles. The number of methoxy groups -OCH3 is 1. The van der Waals surface area contributed by atoms with Crippen molar-refractivity contribution in [2.45, 2.75) is 25.4 Å². The van der Waals surface area contributed by atoms with E-state index in [1.165, 1.54) is 0 Å². The predicted molar refractivity (Wildman–Crippen MR) is 110 cm³/mol. The maximum atomic E-state index is 13.3. The van der Waals surface area contributed by atoms with Crippen molar-refractivity contribution in [2.24, 2.45) is 5.41 Å². The van der Waals surface area contributed by atoms with Gasteiger partial charge in [-0.25, -0.2) is 0 Å². The number of piperidine rings is 2. The Kier molecular flexibility index (Phi) is 5.28. The second-order valence-corrected chi connectivity index (χ2v) is 7.83. The minimum Gasteiger partial charge on any atom is -0.496 e. The van der Waals surface area contributed by atoms with E-state index in [2.05, 4.69) is 5.32 Å². The number of hydrogen-bond donors (Lipinski definition) is 2. The third-order valence-electron chi connectivity index (χ3n) is 6.14. The van der Waals surface area contributed by atoms with Crippen LogP contribution in [0.1, 0.15) is 29.6 Å². The van der Waals surface area contributed by atoms with Crippen molar-refractivity contribution in [1.82, 2.24) is 10.2 Å². The van der Waals surface area contributed by atoms with Crippen LogP contribution in [0.2, 0.25) is 0 Å². The zero-order chi connectivity index (χ0) is 20.4. The number of likely N-dealkylation sites (tertiary alicyclic amines) is 1. The van der Waals surface area contributed by atoms with Gasteiger partial charge in [-0.3, -0.25) is 9.59 Å². The monoisotopic (exact) mass is 394 g/mol. The van der Waals surface area contributed by atoms with Crippen LogP contribution in [-0.2, 0) is 4.79 Å². The van der Waals surface area contributed by atoms with Crippen molar-refractivity contribution >= 4 is 11.8 Å². The molecule has 0 radical (unpaired) electrons. The number of amides is 2. The Balaban J connectivity index is 1.61. The molecular formula is C23H26N2O4. The van der Waals surface area contributed by atoms with Crippen molar-refractivity contribution in [2.75, 3.05) is 26.7 Å². The Hall–Kier alpha value is -2.86. The molecule has 2 heterocycles. The van der Waals surface area contributed by atoms with Gasteiger partial charge in [-0.1, -0.05) is 30.3 Å². The van der Waals surface area contributed by atoms with Crippen LogP contribution in [0.4, 0.5) is 0 Å². The van der Waals surface area contributed by atoms with Crippen LogP contribution in [0, 0.1) is 5.41 Å². The van der Waals surface area contributed by atoms with E-state index in [-0.39, 0.29) is 18.4 Å². The highest BCUT2D eigenvalue weighted by Gasteiger charge is 2.50. The molecule has 2 N–H and O–H groups in total. The lowest BCUT2D eigenvalue weighted by Crippen LogP contribution is -2.62. The first kappa shape index (κ1) is 19.5. The number of aliphatic hydroxyl groups is 1. The molecule has 29 heavy (non-hydrogen) atoms. The van der Waals surface area contributed by atoms with Gasteiger partial charge in [-0.15, -0.1) is 0 Å². The summed E-state index contributed by atoms with van der Waals surface area (Å²) in [6.45, 7) is 1.31. The smallest absolute Gasteiger partial charge is 0.253 e. The van der Waals surface area contributed by atoms with E-state index in [1.54, 1.807) is 18.1 Å². The maximum Gasteiger partial charge on any atom is 0.253 e. The molecule has 4 rings (SSSR count). The van der Waals surface area contributed by atoms with Crippen molar-refractivity contribution in [3.05, 3.63) is 54.1 Å². The minimum atomic E-state index is -0.896. The first-order valence-electron chi connectivity index (χ1n) is 10.0. The summed E-state index contributed by atoms with van der Waals surface area (Å²) in [5.74, 6) is 0.485. The van der Waals surface area contributed by atoms with Gasteiger partial charge in [0, 0.05) is 30.8 Å². The summed E-state index contributed by atoms with van der Waals surface area (Å²) in [5.41, 5.74) is 1.49. The molecule has 2 atom stereocenters. The van der Waals surface area contributed by atoms with Crippen LogP contribution in [0.5, 0.6) is 5.75 Å². The van der Waals surface area contributed by atoms with Crippen molar-refractivity contribution in [3.63, 3.8) is 0 Å². The largest absolute Gasteiger partial charge is 0.496 e. The van der Waals surface area contributed by atoms with Crippen molar-refractivity contribution in [3.8, 4) is 16.9 Å². The summed E-state index contributed by atoms with van der Waals surface area (Å²) >= 11 is 0. The standard InChI is InChI=1S/C23H26N2O4/c1-29-19-9-3-2-8-18(19)16-6-4-7-17(14-16)21(27)25-13-10-20(26)23(15-25)11-5-12-24-22(23)28/h2-4,6-9,14,20,26H,5,10-13,15H2,1H3,(H,24,28)/t20-,23+/m0/s1. The van der Waals surface area contributed by atoms with E-state index in [0.717, 1.165) is 23.3 Å². The molecule has 0 aliphatic carbocycles. The number of para-hydroxylation sites is 1. The van der Waals surface area contributed by atoms with Gasteiger partial charge in [0.2, 0.25) is 5.91 Å². The second kappa shape index (κ2) is 7.87. The van der Waals surface area contributed by atoms with Gasteiger partial charge >= 0.3 is 0 Å². The summed E-state index contributed by atoms with van der Waals surface area (Å²) in [4.78, 5) is 27.5. The number of nitrogens with one attached hydrogen (secondary N) is 1. The first-order valence-corrected chi connectivity index (χ1v) is 10.0. The summed E-state index contributed by atoms with van der Waals surface area (Å²) in [6.07, 6.45) is 1.11. The Morgan fingerprint density at radius 3 is 2.86 bits per heavy atom. The van der Waals surface area contributed by atoms with Gasteiger partial charge in [0.25, 0.3) is 5.91 Å². The Morgan fingerprint density at radius 1 is 1.24 bits per heavy atom. The molecule has 0 aromatic heterocycles. The van der Waals surface area contributed by atoms with Gasteiger partial charge in [0.05, 0.1) is 18.6 Å². The third kappa shape index (κ3) is 3.49. The fraction of sp³-hybridized carbons (Fsp3) is 0.391. The van der Waals surface area contributed by atoms with Crippen LogP contribution >= 0.6 is 0 Å².